The van der Waals surface area contributed by atoms with Crippen LogP contribution in [0.2, 0.25) is 0 Å². The number of benzene rings is 3. The number of aliphatic hydroxyl groups is 1. The Kier molecular flexibility index (Phi) is 7.12. The van der Waals surface area contributed by atoms with Gasteiger partial charge in [0.15, 0.2) is 0 Å². The number of ether oxygens (including phenoxy) is 2. The maximum absolute atomic E-state index is 11.1. The molecule has 1 heterocycles. The number of fused-ring (bicyclic) bond motifs is 1. The fourth-order valence-electron chi connectivity index (χ4n) is 3.84. The van der Waals surface area contributed by atoms with Gasteiger partial charge in [0.2, 0.25) is 0 Å². The summed E-state index contributed by atoms with van der Waals surface area (Å²) < 4.78 is 11.7. The van der Waals surface area contributed by atoms with E-state index in [0.717, 1.165) is 41.0 Å². The van der Waals surface area contributed by atoms with Crippen LogP contribution in [0.4, 0.5) is 0 Å². The third-order valence-corrected chi connectivity index (χ3v) is 5.59. The highest BCUT2D eigenvalue weighted by atomic mass is 16.5. The minimum Gasteiger partial charge on any atom is -0.507 e. The SMILES string of the molecule is O=C(O)c1ccc(-c2ccc3c(c2)CCC(CNCC(O)COc2ccccc2)O3)cc1O. The Hall–Kier alpha value is -3.55. The number of aromatic carboxylic acids is 1. The molecule has 0 aliphatic carbocycles. The van der Waals surface area contributed by atoms with Gasteiger partial charge in [-0.2, -0.15) is 0 Å². The Morgan fingerprint density at radius 2 is 1.85 bits per heavy atom. The van der Waals surface area contributed by atoms with E-state index < -0.39 is 12.1 Å². The normalized spacial score (nSPS) is 15.8. The number of para-hydroxylation sites is 1. The molecule has 4 rings (SSSR count). The van der Waals surface area contributed by atoms with Crippen LogP contribution in [0.1, 0.15) is 22.3 Å². The molecule has 3 aromatic rings. The standard InChI is InChI=1S/C26H27NO6/c28-20(16-32-21-4-2-1-3-5-21)14-27-15-22-9-6-19-12-17(8-11-25(19)33-22)18-7-10-23(26(30)31)24(29)13-18/h1-5,7-8,10-13,20,22,27-29H,6,9,14-16H2,(H,30,31). The van der Waals surface area contributed by atoms with Gasteiger partial charge in [-0.05, 0) is 65.9 Å². The van der Waals surface area contributed by atoms with Crippen LogP contribution >= 0.6 is 0 Å². The number of nitrogens with one attached hydrogen (secondary N) is 1. The van der Waals surface area contributed by atoms with E-state index in [1.165, 1.54) is 12.1 Å². The first-order valence-electron chi connectivity index (χ1n) is 10.9. The van der Waals surface area contributed by atoms with Gasteiger partial charge >= 0.3 is 5.97 Å². The molecule has 0 saturated heterocycles. The molecular weight excluding hydrogens is 422 g/mol. The molecule has 0 radical (unpaired) electrons. The van der Waals surface area contributed by atoms with Crippen LogP contribution in [0.3, 0.4) is 0 Å². The Morgan fingerprint density at radius 3 is 2.61 bits per heavy atom. The van der Waals surface area contributed by atoms with Gasteiger partial charge in [0.25, 0.3) is 0 Å². The Labute approximate surface area is 192 Å². The van der Waals surface area contributed by atoms with Crippen LogP contribution in [-0.2, 0) is 6.42 Å². The van der Waals surface area contributed by atoms with Gasteiger partial charge in [0.1, 0.15) is 41.6 Å². The molecule has 0 amide bonds. The number of phenols is 1. The van der Waals surface area contributed by atoms with Crippen LogP contribution in [-0.4, -0.2) is 53.2 Å². The van der Waals surface area contributed by atoms with Gasteiger partial charge in [-0.3, -0.25) is 0 Å². The number of aliphatic hydroxyl groups excluding tert-OH is 1. The van der Waals surface area contributed by atoms with E-state index in [-0.39, 0.29) is 24.0 Å². The second-order valence-corrected chi connectivity index (χ2v) is 8.07. The summed E-state index contributed by atoms with van der Waals surface area (Å²) in [6.45, 7) is 1.25. The average Bonchev–Trinajstić information content (AvgIpc) is 2.82. The number of carboxylic acid groups (broad SMARTS) is 1. The van der Waals surface area contributed by atoms with E-state index in [0.29, 0.717) is 13.1 Å². The predicted octanol–water partition coefficient (Wildman–Crippen LogP) is 3.48. The molecule has 172 valence electrons. The van der Waals surface area contributed by atoms with E-state index in [2.05, 4.69) is 5.32 Å². The Morgan fingerprint density at radius 1 is 1.09 bits per heavy atom. The molecule has 0 saturated carbocycles. The lowest BCUT2D eigenvalue weighted by Crippen LogP contribution is -2.39. The summed E-state index contributed by atoms with van der Waals surface area (Å²) in [4.78, 5) is 11.1. The summed E-state index contributed by atoms with van der Waals surface area (Å²) in [6, 6.07) is 19.8. The van der Waals surface area contributed by atoms with Crippen LogP contribution in [0, 0.1) is 0 Å². The van der Waals surface area contributed by atoms with Crippen molar-refractivity contribution < 1.29 is 29.6 Å². The van der Waals surface area contributed by atoms with Crippen LogP contribution in [0.25, 0.3) is 11.1 Å². The molecule has 0 fully saturated rings. The van der Waals surface area contributed by atoms with Crippen molar-refractivity contribution in [3.63, 3.8) is 0 Å². The monoisotopic (exact) mass is 449 g/mol. The topological polar surface area (TPSA) is 108 Å². The molecule has 2 unspecified atom stereocenters. The zero-order chi connectivity index (χ0) is 23.2. The van der Waals surface area contributed by atoms with Crippen LogP contribution in [0.15, 0.2) is 66.7 Å². The van der Waals surface area contributed by atoms with Crippen molar-refractivity contribution in [2.75, 3.05) is 19.7 Å². The van der Waals surface area contributed by atoms with Gasteiger partial charge in [-0.15, -0.1) is 0 Å². The van der Waals surface area contributed by atoms with Crippen molar-refractivity contribution in [2.45, 2.75) is 25.0 Å². The zero-order valence-corrected chi connectivity index (χ0v) is 18.1. The third-order valence-electron chi connectivity index (χ3n) is 5.59. The first-order chi connectivity index (χ1) is 16.0. The van der Waals surface area contributed by atoms with Crippen LogP contribution < -0.4 is 14.8 Å². The highest BCUT2D eigenvalue weighted by Crippen LogP contribution is 2.33. The maximum atomic E-state index is 11.1. The molecular formula is C26H27NO6. The third kappa shape index (κ3) is 5.83. The molecule has 33 heavy (non-hydrogen) atoms. The smallest absolute Gasteiger partial charge is 0.339 e. The quantitative estimate of drug-likeness (QED) is 0.396. The fraction of sp³-hybridized carbons (Fsp3) is 0.269. The fourth-order valence-corrected chi connectivity index (χ4v) is 3.84. The summed E-state index contributed by atoms with van der Waals surface area (Å²) in [5.74, 6) is 0.137. The Balaban J connectivity index is 1.28. The number of aromatic hydroxyl groups is 1. The van der Waals surface area contributed by atoms with Gasteiger partial charge in [-0.1, -0.05) is 30.3 Å². The van der Waals surface area contributed by atoms with E-state index in [9.17, 15) is 15.0 Å². The number of hydrogen-bond acceptors (Lipinski definition) is 6. The highest BCUT2D eigenvalue weighted by Gasteiger charge is 2.21. The number of carboxylic acids is 1. The van der Waals surface area contributed by atoms with E-state index in [1.807, 2.05) is 48.5 Å². The minimum absolute atomic E-state index is 0.00415. The summed E-state index contributed by atoms with van der Waals surface area (Å²) in [7, 11) is 0. The second kappa shape index (κ2) is 10.4. The number of carbonyl (C=O) groups is 1. The first kappa shape index (κ1) is 22.6. The van der Waals surface area contributed by atoms with Crippen molar-refractivity contribution >= 4 is 5.97 Å². The lowest BCUT2D eigenvalue weighted by Gasteiger charge is -2.27. The zero-order valence-electron chi connectivity index (χ0n) is 18.1. The summed E-state index contributed by atoms with van der Waals surface area (Å²) >= 11 is 0. The van der Waals surface area contributed by atoms with Gasteiger partial charge in [0, 0.05) is 13.1 Å². The predicted molar refractivity (Wildman–Crippen MR) is 124 cm³/mol. The summed E-state index contributed by atoms with van der Waals surface area (Å²) in [5.41, 5.74) is 2.59. The molecule has 2 atom stereocenters. The van der Waals surface area contributed by atoms with Gasteiger partial charge in [-0.25, -0.2) is 4.79 Å². The van der Waals surface area contributed by atoms with Gasteiger partial charge < -0.3 is 30.1 Å². The molecule has 0 bridgehead atoms. The largest absolute Gasteiger partial charge is 0.507 e. The van der Waals surface area contributed by atoms with Crippen molar-refractivity contribution in [3.05, 3.63) is 77.9 Å². The highest BCUT2D eigenvalue weighted by molar-refractivity contribution is 5.91. The molecule has 3 aromatic carbocycles. The molecule has 7 heteroatoms. The lowest BCUT2D eigenvalue weighted by atomic mass is 9.96. The number of aryl methyl sites for hydroxylation is 1. The molecule has 0 spiro atoms. The molecule has 1 aliphatic heterocycles. The maximum Gasteiger partial charge on any atom is 0.339 e. The van der Waals surface area contributed by atoms with Gasteiger partial charge in [0.05, 0.1) is 0 Å². The van der Waals surface area contributed by atoms with Crippen molar-refractivity contribution in [3.8, 4) is 28.4 Å². The summed E-state index contributed by atoms with van der Waals surface area (Å²) in [5, 5.41) is 32.4. The van der Waals surface area contributed by atoms with E-state index in [1.54, 1.807) is 6.07 Å². The average molecular weight is 450 g/mol. The Bertz CT molecular complexity index is 1100. The molecule has 7 nitrogen and oxygen atoms in total. The van der Waals surface area contributed by atoms with Crippen molar-refractivity contribution in [1.29, 1.82) is 0 Å². The number of hydrogen-bond donors (Lipinski definition) is 4. The number of rotatable bonds is 9. The first-order valence-corrected chi connectivity index (χ1v) is 10.9. The van der Waals surface area contributed by atoms with E-state index >= 15 is 0 Å². The summed E-state index contributed by atoms with van der Waals surface area (Å²) in [6.07, 6.45) is 1.06. The molecule has 0 aromatic heterocycles. The van der Waals surface area contributed by atoms with Crippen molar-refractivity contribution in [1.82, 2.24) is 5.32 Å². The van der Waals surface area contributed by atoms with Crippen molar-refractivity contribution in [2.24, 2.45) is 0 Å². The molecule has 4 N–H and O–H groups in total. The second-order valence-electron chi connectivity index (χ2n) is 8.07. The van der Waals surface area contributed by atoms with E-state index in [4.69, 9.17) is 14.6 Å². The minimum atomic E-state index is -1.16. The van der Waals surface area contributed by atoms with Crippen LogP contribution in [0.5, 0.6) is 17.2 Å². The lowest BCUT2D eigenvalue weighted by molar-refractivity contribution is 0.0693. The molecule has 1 aliphatic rings.